The molecule has 0 bridgehead atoms. The SMILES string of the molecule is CCCCCCCCCCCCCCCCCC(=O)O[C@@H](CC)CCCCCC. The minimum atomic E-state index is 0.0297. The maximum Gasteiger partial charge on any atom is 0.306 e. The fourth-order valence-electron chi connectivity index (χ4n) is 4.03. The van der Waals surface area contributed by atoms with E-state index in [0.29, 0.717) is 6.42 Å². The van der Waals surface area contributed by atoms with Crippen LogP contribution >= 0.6 is 0 Å². The lowest BCUT2D eigenvalue weighted by molar-refractivity contribution is -0.149. The van der Waals surface area contributed by atoms with E-state index in [4.69, 9.17) is 4.74 Å². The van der Waals surface area contributed by atoms with Crippen molar-refractivity contribution in [3.05, 3.63) is 0 Å². The van der Waals surface area contributed by atoms with Crippen LogP contribution in [-0.2, 0) is 9.53 Å². The van der Waals surface area contributed by atoms with Gasteiger partial charge in [0, 0.05) is 6.42 Å². The molecule has 2 heteroatoms. The van der Waals surface area contributed by atoms with Crippen molar-refractivity contribution >= 4 is 5.97 Å². The second-order valence-electron chi connectivity index (χ2n) is 9.07. The lowest BCUT2D eigenvalue weighted by atomic mass is 10.0. The summed E-state index contributed by atoms with van der Waals surface area (Å²) in [6.07, 6.45) is 28.2. The molecule has 0 aliphatic rings. The average Bonchev–Trinajstić information content (AvgIpc) is 2.73. The Hall–Kier alpha value is -0.530. The number of ether oxygens (including phenoxy) is 1. The normalized spacial score (nSPS) is 12.2. The van der Waals surface area contributed by atoms with Gasteiger partial charge in [-0.05, 0) is 25.7 Å². The molecular weight excluding hydrogens is 356 g/mol. The number of hydrogen-bond donors (Lipinski definition) is 0. The lowest BCUT2D eigenvalue weighted by Gasteiger charge is -2.16. The molecule has 0 spiro atoms. The molecule has 0 aliphatic carbocycles. The molecule has 29 heavy (non-hydrogen) atoms. The average molecular weight is 411 g/mol. The van der Waals surface area contributed by atoms with Crippen molar-refractivity contribution in [2.45, 2.75) is 168 Å². The summed E-state index contributed by atoms with van der Waals surface area (Å²) in [5, 5.41) is 0. The highest BCUT2D eigenvalue weighted by Crippen LogP contribution is 2.15. The summed E-state index contributed by atoms with van der Waals surface area (Å²) < 4.78 is 5.66. The van der Waals surface area contributed by atoms with Gasteiger partial charge in [0.15, 0.2) is 0 Å². The smallest absolute Gasteiger partial charge is 0.306 e. The third-order valence-electron chi connectivity index (χ3n) is 6.12. The van der Waals surface area contributed by atoms with Crippen molar-refractivity contribution in [2.75, 3.05) is 0 Å². The van der Waals surface area contributed by atoms with Crippen LogP contribution in [0.4, 0.5) is 0 Å². The Bertz CT molecular complexity index is 326. The first-order chi connectivity index (χ1) is 14.2. The molecule has 0 unspecified atom stereocenters. The van der Waals surface area contributed by atoms with Gasteiger partial charge in [0.2, 0.25) is 0 Å². The van der Waals surface area contributed by atoms with Crippen LogP contribution in [0, 0.1) is 0 Å². The summed E-state index contributed by atoms with van der Waals surface area (Å²) in [5.41, 5.74) is 0. The quantitative estimate of drug-likeness (QED) is 0.124. The summed E-state index contributed by atoms with van der Waals surface area (Å²) in [7, 11) is 0. The second-order valence-corrected chi connectivity index (χ2v) is 9.07. The van der Waals surface area contributed by atoms with E-state index in [9.17, 15) is 4.79 Å². The van der Waals surface area contributed by atoms with E-state index in [2.05, 4.69) is 20.8 Å². The fraction of sp³-hybridized carbons (Fsp3) is 0.963. The molecule has 0 aliphatic heterocycles. The zero-order chi connectivity index (χ0) is 21.4. The van der Waals surface area contributed by atoms with Crippen LogP contribution in [0.1, 0.15) is 162 Å². The largest absolute Gasteiger partial charge is 0.462 e. The summed E-state index contributed by atoms with van der Waals surface area (Å²) in [4.78, 5) is 12.0. The van der Waals surface area contributed by atoms with Gasteiger partial charge in [0.1, 0.15) is 6.10 Å². The molecule has 0 rings (SSSR count). The van der Waals surface area contributed by atoms with Gasteiger partial charge in [0.25, 0.3) is 0 Å². The molecule has 0 saturated carbocycles. The van der Waals surface area contributed by atoms with Crippen molar-refractivity contribution in [2.24, 2.45) is 0 Å². The highest BCUT2D eigenvalue weighted by molar-refractivity contribution is 5.69. The van der Waals surface area contributed by atoms with Gasteiger partial charge in [-0.25, -0.2) is 0 Å². The zero-order valence-electron chi connectivity index (χ0n) is 20.5. The number of esters is 1. The molecule has 0 aromatic rings. The first-order valence-corrected chi connectivity index (χ1v) is 13.4. The summed E-state index contributed by atoms with van der Waals surface area (Å²) in [5.74, 6) is 0.0297. The predicted molar refractivity (Wildman–Crippen MR) is 128 cm³/mol. The molecule has 0 aromatic heterocycles. The Labute approximate surface area is 184 Å². The molecule has 2 nitrogen and oxygen atoms in total. The zero-order valence-corrected chi connectivity index (χ0v) is 20.5. The summed E-state index contributed by atoms with van der Waals surface area (Å²) in [6.45, 7) is 6.65. The highest BCUT2D eigenvalue weighted by atomic mass is 16.5. The van der Waals surface area contributed by atoms with Gasteiger partial charge in [-0.3, -0.25) is 4.79 Å². The molecule has 0 fully saturated rings. The minimum absolute atomic E-state index is 0.0297. The van der Waals surface area contributed by atoms with E-state index in [1.165, 1.54) is 116 Å². The van der Waals surface area contributed by atoms with Gasteiger partial charge in [0.05, 0.1) is 0 Å². The number of carbonyl (C=O) groups excluding carboxylic acids is 1. The third kappa shape index (κ3) is 22.0. The van der Waals surface area contributed by atoms with E-state index in [-0.39, 0.29) is 12.1 Å². The Morgan fingerprint density at radius 1 is 0.552 bits per heavy atom. The summed E-state index contributed by atoms with van der Waals surface area (Å²) in [6, 6.07) is 0. The van der Waals surface area contributed by atoms with Crippen LogP contribution in [-0.4, -0.2) is 12.1 Å². The number of carbonyl (C=O) groups is 1. The predicted octanol–water partition coefficient (Wildman–Crippen LogP) is 9.54. The van der Waals surface area contributed by atoms with Crippen LogP contribution in [0.3, 0.4) is 0 Å². The molecule has 0 amide bonds. The molecule has 0 N–H and O–H groups in total. The van der Waals surface area contributed by atoms with Gasteiger partial charge in [-0.1, -0.05) is 130 Å². The Kier molecular flexibility index (Phi) is 23.3. The third-order valence-corrected chi connectivity index (χ3v) is 6.12. The molecule has 0 heterocycles. The standard InChI is InChI=1S/C27H54O2/c1-4-7-9-11-12-13-14-15-16-17-18-19-20-21-23-25-27(28)29-26(6-3)24-22-10-8-5-2/h26H,4-25H2,1-3H3/t26-/m0/s1. The Balaban J connectivity index is 3.33. The molecule has 1 atom stereocenters. The Morgan fingerprint density at radius 3 is 1.34 bits per heavy atom. The molecule has 0 saturated heterocycles. The van der Waals surface area contributed by atoms with Crippen LogP contribution in [0.15, 0.2) is 0 Å². The van der Waals surface area contributed by atoms with Crippen molar-refractivity contribution < 1.29 is 9.53 Å². The van der Waals surface area contributed by atoms with E-state index >= 15 is 0 Å². The van der Waals surface area contributed by atoms with Crippen LogP contribution in [0.5, 0.6) is 0 Å². The van der Waals surface area contributed by atoms with Gasteiger partial charge in [-0.2, -0.15) is 0 Å². The topological polar surface area (TPSA) is 26.3 Å². The molecule has 0 aromatic carbocycles. The van der Waals surface area contributed by atoms with E-state index < -0.39 is 0 Å². The maximum atomic E-state index is 12.0. The number of unbranched alkanes of at least 4 members (excludes halogenated alkanes) is 17. The van der Waals surface area contributed by atoms with Gasteiger partial charge >= 0.3 is 5.97 Å². The Morgan fingerprint density at radius 2 is 0.931 bits per heavy atom. The maximum absolute atomic E-state index is 12.0. The van der Waals surface area contributed by atoms with Crippen molar-refractivity contribution in [1.29, 1.82) is 0 Å². The fourth-order valence-corrected chi connectivity index (χ4v) is 4.03. The lowest BCUT2D eigenvalue weighted by Crippen LogP contribution is -2.17. The first kappa shape index (κ1) is 28.5. The van der Waals surface area contributed by atoms with Crippen molar-refractivity contribution in [3.63, 3.8) is 0 Å². The molecule has 0 radical (unpaired) electrons. The number of rotatable bonds is 23. The van der Waals surface area contributed by atoms with Crippen LogP contribution in [0.2, 0.25) is 0 Å². The van der Waals surface area contributed by atoms with Crippen molar-refractivity contribution in [3.8, 4) is 0 Å². The van der Waals surface area contributed by atoms with Crippen LogP contribution in [0.25, 0.3) is 0 Å². The minimum Gasteiger partial charge on any atom is -0.462 e. The molecule has 174 valence electrons. The van der Waals surface area contributed by atoms with Crippen molar-refractivity contribution in [1.82, 2.24) is 0 Å². The van der Waals surface area contributed by atoms with E-state index in [0.717, 1.165) is 19.3 Å². The van der Waals surface area contributed by atoms with Crippen LogP contribution < -0.4 is 0 Å². The highest BCUT2D eigenvalue weighted by Gasteiger charge is 2.11. The van der Waals surface area contributed by atoms with E-state index in [1.807, 2.05) is 0 Å². The first-order valence-electron chi connectivity index (χ1n) is 13.4. The second kappa shape index (κ2) is 23.7. The van der Waals surface area contributed by atoms with Gasteiger partial charge < -0.3 is 4.74 Å². The number of hydrogen-bond acceptors (Lipinski definition) is 2. The van der Waals surface area contributed by atoms with Gasteiger partial charge in [-0.15, -0.1) is 0 Å². The molecular formula is C27H54O2. The monoisotopic (exact) mass is 410 g/mol. The van der Waals surface area contributed by atoms with E-state index in [1.54, 1.807) is 0 Å². The summed E-state index contributed by atoms with van der Waals surface area (Å²) >= 11 is 0.